The van der Waals surface area contributed by atoms with Crippen molar-refractivity contribution in [3.8, 4) is 5.75 Å². The highest BCUT2D eigenvalue weighted by Gasteiger charge is 2.25. The van der Waals surface area contributed by atoms with Gasteiger partial charge in [0, 0.05) is 11.6 Å². The summed E-state index contributed by atoms with van der Waals surface area (Å²) in [7, 11) is 1.63. The Hall–Kier alpha value is -1.06. The molecule has 3 nitrogen and oxygen atoms in total. The first-order valence-corrected chi connectivity index (χ1v) is 6.06. The molecule has 1 aromatic carbocycles. The molecule has 0 aromatic heterocycles. The molecule has 1 unspecified atom stereocenters. The van der Waals surface area contributed by atoms with Gasteiger partial charge in [-0.15, -0.1) is 0 Å². The lowest BCUT2D eigenvalue weighted by atomic mass is 9.91. The van der Waals surface area contributed by atoms with Crippen LogP contribution in [-0.2, 0) is 5.60 Å². The van der Waals surface area contributed by atoms with E-state index in [4.69, 9.17) is 4.74 Å². The summed E-state index contributed by atoms with van der Waals surface area (Å²) < 4.78 is 5.28. The molecule has 96 valence electrons. The lowest BCUT2D eigenvalue weighted by molar-refractivity contribution is 0.0450. The normalized spacial score (nSPS) is 14.7. The summed E-state index contributed by atoms with van der Waals surface area (Å²) in [6, 6.07) is 8.05. The zero-order valence-electron chi connectivity index (χ0n) is 11.2. The molecule has 0 radical (unpaired) electrons. The Morgan fingerprint density at radius 1 is 1.35 bits per heavy atom. The molecular weight excluding hydrogens is 214 g/mol. The van der Waals surface area contributed by atoms with Crippen LogP contribution in [0.4, 0.5) is 0 Å². The molecule has 1 aromatic rings. The van der Waals surface area contributed by atoms with E-state index in [1.54, 1.807) is 7.11 Å². The molecule has 0 saturated carbocycles. The van der Waals surface area contributed by atoms with Gasteiger partial charge in [0.05, 0.1) is 12.7 Å². The van der Waals surface area contributed by atoms with Crippen LogP contribution in [-0.4, -0.2) is 24.8 Å². The summed E-state index contributed by atoms with van der Waals surface area (Å²) in [5, 5.41) is 13.8. The Labute approximate surface area is 104 Å². The maximum absolute atomic E-state index is 10.5. The molecule has 0 aliphatic carbocycles. The van der Waals surface area contributed by atoms with Crippen LogP contribution in [0.5, 0.6) is 5.75 Å². The molecule has 0 aliphatic heterocycles. The molecule has 0 amide bonds. The van der Waals surface area contributed by atoms with Gasteiger partial charge in [0.25, 0.3) is 0 Å². The number of methoxy groups -OCH3 is 1. The largest absolute Gasteiger partial charge is 0.496 e. The summed E-state index contributed by atoms with van der Waals surface area (Å²) >= 11 is 0. The summed E-state index contributed by atoms with van der Waals surface area (Å²) in [6.45, 7) is 6.80. The van der Waals surface area contributed by atoms with Gasteiger partial charge in [0.1, 0.15) is 5.75 Å². The lowest BCUT2D eigenvalue weighted by Crippen LogP contribution is -2.31. The molecular formula is C14H23NO2. The molecule has 0 bridgehead atoms. The fourth-order valence-corrected chi connectivity index (χ4v) is 1.83. The van der Waals surface area contributed by atoms with Crippen molar-refractivity contribution in [1.29, 1.82) is 0 Å². The topological polar surface area (TPSA) is 41.5 Å². The van der Waals surface area contributed by atoms with Crippen molar-refractivity contribution in [3.05, 3.63) is 29.8 Å². The van der Waals surface area contributed by atoms with Crippen LogP contribution in [0.1, 0.15) is 32.8 Å². The van der Waals surface area contributed by atoms with E-state index in [0.29, 0.717) is 12.5 Å². The fourth-order valence-electron chi connectivity index (χ4n) is 1.83. The van der Waals surface area contributed by atoms with E-state index >= 15 is 0 Å². The second kappa shape index (κ2) is 6.03. The van der Waals surface area contributed by atoms with Gasteiger partial charge in [-0.2, -0.15) is 0 Å². The van der Waals surface area contributed by atoms with Gasteiger partial charge in [-0.05, 0) is 26.0 Å². The van der Waals surface area contributed by atoms with Crippen LogP contribution >= 0.6 is 0 Å². The van der Waals surface area contributed by atoms with Gasteiger partial charge in [-0.25, -0.2) is 0 Å². The average Bonchev–Trinajstić information content (AvgIpc) is 2.28. The van der Waals surface area contributed by atoms with Crippen molar-refractivity contribution >= 4 is 0 Å². The summed E-state index contributed by atoms with van der Waals surface area (Å²) in [5.74, 6) is 0.738. The molecule has 2 N–H and O–H groups in total. The maximum atomic E-state index is 10.5. The number of ether oxygens (including phenoxy) is 1. The third-order valence-electron chi connectivity index (χ3n) is 2.85. The number of aliphatic hydroxyl groups is 1. The quantitative estimate of drug-likeness (QED) is 0.797. The zero-order chi connectivity index (χ0) is 12.9. The predicted molar refractivity (Wildman–Crippen MR) is 70.3 cm³/mol. The van der Waals surface area contributed by atoms with Gasteiger partial charge in [0.15, 0.2) is 0 Å². The highest BCUT2D eigenvalue weighted by Crippen LogP contribution is 2.31. The van der Waals surface area contributed by atoms with E-state index in [-0.39, 0.29) is 0 Å². The molecule has 1 atom stereocenters. The van der Waals surface area contributed by atoms with E-state index in [9.17, 15) is 5.11 Å². The summed E-state index contributed by atoms with van der Waals surface area (Å²) in [6.07, 6.45) is 0.658. The third-order valence-corrected chi connectivity index (χ3v) is 2.85. The minimum atomic E-state index is -0.867. The van der Waals surface area contributed by atoms with E-state index in [1.807, 2.05) is 31.2 Å². The highest BCUT2D eigenvalue weighted by atomic mass is 16.5. The van der Waals surface area contributed by atoms with E-state index in [2.05, 4.69) is 19.2 Å². The number of hydrogen-bond donors (Lipinski definition) is 2. The van der Waals surface area contributed by atoms with E-state index in [0.717, 1.165) is 17.9 Å². The standard InChI is InChI=1S/C14H23NO2/c1-11(2)15-10-9-14(3,16)12-7-5-6-8-13(12)17-4/h5-8,11,15-16H,9-10H2,1-4H3. The number of hydrogen-bond acceptors (Lipinski definition) is 3. The minimum Gasteiger partial charge on any atom is -0.496 e. The maximum Gasteiger partial charge on any atom is 0.124 e. The number of rotatable bonds is 6. The first kappa shape index (κ1) is 14.0. The Balaban J connectivity index is 2.74. The number of benzene rings is 1. The predicted octanol–water partition coefficient (Wildman–Crippen LogP) is 2.29. The minimum absolute atomic E-state index is 0.434. The smallest absolute Gasteiger partial charge is 0.124 e. The van der Waals surface area contributed by atoms with Gasteiger partial charge >= 0.3 is 0 Å². The van der Waals surface area contributed by atoms with Crippen molar-refractivity contribution in [2.24, 2.45) is 0 Å². The van der Waals surface area contributed by atoms with Gasteiger partial charge in [0.2, 0.25) is 0 Å². The molecule has 3 heteroatoms. The van der Waals surface area contributed by atoms with Gasteiger partial charge in [-0.3, -0.25) is 0 Å². The van der Waals surface area contributed by atoms with Crippen LogP contribution in [0.3, 0.4) is 0 Å². The van der Waals surface area contributed by atoms with Crippen molar-refractivity contribution in [2.45, 2.75) is 38.8 Å². The van der Waals surface area contributed by atoms with Crippen LogP contribution in [0.15, 0.2) is 24.3 Å². The molecule has 17 heavy (non-hydrogen) atoms. The van der Waals surface area contributed by atoms with Crippen LogP contribution < -0.4 is 10.1 Å². The SMILES string of the molecule is COc1ccccc1C(C)(O)CCNC(C)C. The Morgan fingerprint density at radius 2 is 2.00 bits per heavy atom. The molecule has 0 saturated heterocycles. The monoisotopic (exact) mass is 237 g/mol. The molecule has 0 spiro atoms. The van der Waals surface area contributed by atoms with Gasteiger partial charge in [-0.1, -0.05) is 32.0 Å². The van der Waals surface area contributed by atoms with Crippen molar-refractivity contribution in [3.63, 3.8) is 0 Å². The average molecular weight is 237 g/mol. The van der Waals surface area contributed by atoms with E-state index in [1.165, 1.54) is 0 Å². The first-order valence-electron chi connectivity index (χ1n) is 6.06. The first-order chi connectivity index (χ1) is 7.97. The highest BCUT2D eigenvalue weighted by molar-refractivity contribution is 5.37. The Bertz CT molecular complexity index is 348. The van der Waals surface area contributed by atoms with E-state index < -0.39 is 5.60 Å². The second-order valence-corrected chi connectivity index (χ2v) is 4.83. The van der Waals surface area contributed by atoms with Crippen molar-refractivity contribution < 1.29 is 9.84 Å². The second-order valence-electron chi connectivity index (χ2n) is 4.83. The Kier molecular flexibility index (Phi) is 4.97. The van der Waals surface area contributed by atoms with Crippen molar-refractivity contribution in [2.75, 3.05) is 13.7 Å². The number of para-hydroxylation sites is 1. The van der Waals surface area contributed by atoms with Crippen molar-refractivity contribution in [1.82, 2.24) is 5.32 Å². The van der Waals surface area contributed by atoms with Crippen LogP contribution in [0, 0.1) is 0 Å². The molecule has 1 rings (SSSR count). The molecule has 0 aliphatic rings. The summed E-state index contributed by atoms with van der Waals surface area (Å²) in [5.41, 5.74) is -0.0258. The number of nitrogens with one attached hydrogen (secondary N) is 1. The zero-order valence-corrected chi connectivity index (χ0v) is 11.2. The van der Waals surface area contributed by atoms with Gasteiger partial charge < -0.3 is 15.2 Å². The molecule has 0 heterocycles. The summed E-state index contributed by atoms with van der Waals surface area (Å²) in [4.78, 5) is 0. The molecule has 0 fully saturated rings. The third kappa shape index (κ3) is 4.02. The lowest BCUT2D eigenvalue weighted by Gasteiger charge is -2.26. The Morgan fingerprint density at radius 3 is 2.59 bits per heavy atom. The van der Waals surface area contributed by atoms with Crippen LogP contribution in [0.25, 0.3) is 0 Å². The fraction of sp³-hybridized carbons (Fsp3) is 0.571. The van der Waals surface area contributed by atoms with Crippen LogP contribution in [0.2, 0.25) is 0 Å².